The average Bonchev–Trinajstić information content (AvgIpc) is 3.25. The van der Waals surface area contributed by atoms with E-state index in [4.69, 9.17) is 4.74 Å². The van der Waals surface area contributed by atoms with Crippen molar-refractivity contribution >= 4 is 17.1 Å². The molecular formula is C51H39NO. The lowest BCUT2D eigenvalue weighted by Gasteiger charge is -2.49. The van der Waals surface area contributed by atoms with Gasteiger partial charge in [-0.15, -0.1) is 0 Å². The van der Waals surface area contributed by atoms with E-state index in [0.29, 0.717) is 0 Å². The van der Waals surface area contributed by atoms with Crippen molar-refractivity contribution in [3.63, 3.8) is 0 Å². The minimum Gasteiger partial charge on any atom is -0.457 e. The molecule has 0 amide bonds. The van der Waals surface area contributed by atoms with E-state index in [2.05, 4.69) is 205 Å². The summed E-state index contributed by atoms with van der Waals surface area (Å²) in [6.45, 7) is 4.00. The Bertz CT molecular complexity index is 2420. The molecule has 1 spiro atoms. The van der Waals surface area contributed by atoms with Crippen LogP contribution >= 0.6 is 0 Å². The molecule has 2 nitrogen and oxygen atoms in total. The summed E-state index contributed by atoms with van der Waals surface area (Å²) in [6.07, 6.45) is 0. The second kappa shape index (κ2) is 13.5. The quantitative estimate of drug-likeness (QED) is 0.183. The molecule has 0 bridgehead atoms. The highest BCUT2D eigenvalue weighted by atomic mass is 16.5. The smallest absolute Gasteiger partial charge is 0.132 e. The summed E-state index contributed by atoms with van der Waals surface area (Å²) in [5, 5.41) is 0. The number of nitrogens with zero attached hydrogens (tertiary/aromatic N) is 1. The van der Waals surface area contributed by atoms with Crippen LogP contribution in [0, 0.1) is 0 Å². The van der Waals surface area contributed by atoms with Crippen LogP contribution in [0.5, 0.6) is 11.5 Å². The predicted octanol–water partition coefficient (Wildman–Crippen LogP) is 14.0. The van der Waals surface area contributed by atoms with E-state index < -0.39 is 5.41 Å². The molecule has 10 rings (SSSR count). The van der Waals surface area contributed by atoms with E-state index >= 15 is 0 Å². The van der Waals surface area contributed by atoms with Crippen molar-refractivity contribution < 1.29 is 4.74 Å². The molecule has 0 saturated heterocycles. The van der Waals surface area contributed by atoms with Gasteiger partial charge in [0.25, 0.3) is 0 Å². The Morgan fingerprint density at radius 2 is 0.736 bits per heavy atom. The monoisotopic (exact) mass is 681 g/mol. The van der Waals surface area contributed by atoms with Gasteiger partial charge in [-0.2, -0.15) is 0 Å². The summed E-state index contributed by atoms with van der Waals surface area (Å²) in [5.41, 5.74) is 14.5. The summed E-state index contributed by atoms with van der Waals surface area (Å²) < 4.78 is 6.73. The van der Waals surface area contributed by atoms with Crippen LogP contribution in [0.15, 0.2) is 200 Å². The molecule has 0 saturated carbocycles. The average molecular weight is 682 g/mol. The topological polar surface area (TPSA) is 12.5 Å². The minimum absolute atomic E-state index is 0.667. The number of fused-ring (bicyclic) bond motifs is 8. The van der Waals surface area contributed by atoms with Gasteiger partial charge in [-0.3, -0.25) is 0 Å². The molecule has 2 aliphatic heterocycles. The molecule has 2 heteroatoms. The van der Waals surface area contributed by atoms with Crippen molar-refractivity contribution in [1.29, 1.82) is 0 Å². The first-order valence-corrected chi connectivity index (χ1v) is 18.5. The Morgan fingerprint density at radius 3 is 1.21 bits per heavy atom. The van der Waals surface area contributed by atoms with Gasteiger partial charge in [0.05, 0.1) is 16.8 Å². The van der Waals surface area contributed by atoms with Gasteiger partial charge in [0.2, 0.25) is 0 Å². The normalized spacial score (nSPS) is 13.0. The predicted molar refractivity (Wildman–Crippen MR) is 221 cm³/mol. The summed E-state index contributed by atoms with van der Waals surface area (Å²) in [5.74, 6) is 1.76. The number of rotatable bonds is 4. The van der Waals surface area contributed by atoms with Crippen LogP contribution in [-0.2, 0) is 5.41 Å². The number of benzene rings is 8. The van der Waals surface area contributed by atoms with Gasteiger partial charge in [0, 0.05) is 16.8 Å². The first-order valence-electron chi connectivity index (χ1n) is 18.5. The van der Waals surface area contributed by atoms with Crippen LogP contribution in [-0.4, -0.2) is 0 Å². The Labute approximate surface area is 312 Å². The fourth-order valence-corrected chi connectivity index (χ4v) is 8.27. The van der Waals surface area contributed by atoms with Crippen LogP contribution in [0.4, 0.5) is 17.1 Å². The highest BCUT2D eigenvalue weighted by Gasteiger charge is 2.51. The largest absolute Gasteiger partial charge is 0.457 e. The summed E-state index contributed by atoms with van der Waals surface area (Å²) in [4.78, 5) is 2.46. The molecule has 254 valence electrons. The second-order valence-electron chi connectivity index (χ2n) is 13.3. The molecular weight excluding hydrogens is 643 g/mol. The first-order chi connectivity index (χ1) is 26.3. The Morgan fingerprint density at radius 1 is 0.340 bits per heavy atom. The van der Waals surface area contributed by atoms with E-state index in [0.717, 1.165) is 39.7 Å². The van der Waals surface area contributed by atoms with Gasteiger partial charge in [-0.05, 0) is 93.0 Å². The molecule has 0 fully saturated rings. The Hall–Kier alpha value is -6.64. The molecule has 0 N–H and O–H groups in total. The zero-order valence-corrected chi connectivity index (χ0v) is 29.9. The van der Waals surface area contributed by atoms with E-state index in [-0.39, 0.29) is 0 Å². The Kier molecular flexibility index (Phi) is 8.21. The second-order valence-corrected chi connectivity index (χ2v) is 13.3. The van der Waals surface area contributed by atoms with Crippen LogP contribution in [0.25, 0.3) is 33.4 Å². The van der Waals surface area contributed by atoms with Gasteiger partial charge >= 0.3 is 0 Å². The third kappa shape index (κ3) is 5.26. The molecule has 0 atom stereocenters. The molecule has 2 aliphatic rings. The van der Waals surface area contributed by atoms with Gasteiger partial charge < -0.3 is 9.64 Å². The van der Waals surface area contributed by atoms with Crippen LogP contribution < -0.4 is 9.64 Å². The maximum atomic E-state index is 6.73. The number of hydrogen-bond acceptors (Lipinski definition) is 2. The minimum atomic E-state index is -0.667. The SMILES string of the molecule is CC.c1ccc(-c2cccc(N3c4ccc(-c5ccccc5)cc4C4(c5ccccc5Oc5ccccc54)c4cc(-c5ccccc5)ccc43)c2)cc1. The molecule has 0 unspecified atom stereocenters. The van der Waals surface area contributed by atoms with Gasteiger partial charge in [0.1, 0.15) is 11.5 Å². The number of hydrogen-bond donors (Lipinski definition) is 0. The summed E-state index contributed by atoms with van der Waals surface area (Å²) in [6, 6.07) is 72.3. The zero-order valence-electron chi connectivity index (χ0n) is 29.9. The van der Waals surface area contributed by atoms with Crippen molar-refractivity contribution in [2.24, 2.45) is 0 Å². The summed E-state index contributed by atoms with van der Waals surface area (Å²) >= 11 is 0. The van der Waals surface area contributed by atoms with Crippen LogP contribution in [0.1, 0.15) is 36.1 Å². The van der Waals surface area contributed by atoms with E-state index in [1.165, 1.54) is 44.5 Å². The fraction of sp³-hybridized carbons (Fsp3) is 0.0588. The van der Waals surface area contributed by atoms with E-state index in [9.17, 15) is 0 Å². The molecule has 8 aromatic carbocycles. The number of anilines is 3. The van der Waals surface area contributed by atoms with Gasteiger partial charge in [-0.25, -0.2) is 0 Å². The maximum Gasteiger partial charge on any atom is 0.132 e. The third-order valence-electron chi connectivity index (χ3n) is 10.5. The van der Waals surface area contributed by atoms with Crippen molar-refractivity contribution in [3.05, 3.63) is 222 Å². The van der Waals surface area contributed by atoms with Crippen molar-refractivity contribution in [2.75, 3.05) is 4.90 Å². The standard InChI is InChI=1S/C49H33NO.C2H6/c1-4-15-34(16-5-1)37-21-14-22-40(31-37)50-45-29-27-38(35-17-6-2-7-18-35)32-43(45)49(44-33-39(28-30-46(44)50)36-19-8-3-9-20-36)41-23-10-12-25-47(41)51-48-26-13-11-24-42(48)49;1-2/h1-33H;1-2H3. The molecule has 0 aliphatic carbocycles. The lowest BCUT2D eigenvalue weighted by molar-refractivity contribution is 0.434. The highest BCUT2D eigenvalue weighted by Crippen LogP contribution is 2.63. The third-order valence-corrected chi connectivity index (χ3v) is 10.5. The molecule has 0 aromatic heterocycles. The van der Waals surface area contributed by atoms with Gasteiger partial charge in [0.15, 0.2) is 0 Å². The molecule has 8 aromatic rings. The highest BCUT2D eigenvalue weighted by molar-refractivity contribution is 5.94. The fourth-order valence-electron chi connectivity index (χ4n) is 8.27. The number of para-hydroxylation sites is 2. The van der Waals surface area contributed by atoms with E-state index in [1.54, 1.807) is 0 Å². The molecule has 53 heavy (non-hydrogen) atoms. The van der Waals surface area contributed by atoms with Crippen molar-refractivity contribution in [2.45, 2.75) is 19.3 Å². The zero-order chi connectivity index (χ0) is 35.8. The lowest BCUT2D eigenvalue weighted by Crippen LogP contribution is -2.39. The summed E-state index contributed by atoms with van der Waals surface area (Å²) in [7, 11) is 0. The number of ether oxygens (including phenoxy) is 1. The van der Waals surface area contributed by atoms with Crippen molar-refractivity contribution in [1.82, 2.24) is 0 Å². The molecule has 2 heterocycles. The first kappa shape index (κ1) is 32.3. The van der Waals surface area contributed by atoms with E-state index in [1.807, 2.05) is 13.8 Å². The van der Waals surface area contributed by atoms with Crippen LogP contribution in [0.3, 0.4) is 0 Å². The van der Waals surface area contributed by atoms with Crippen LogP contribution in [0.2, 0.25) is 0 Å². The maximum absolute atomic E-state index is 6.73. The molecule has 0 radical (unpaired) electrons. The van der Waals surface area contributed by atoms with Gasteiger partial charge in [-0.1, -0.05) is 166 Å². The van der Waals surface area contributed by atoms with Crippen molar-refractivity contribution in [3.8, 4) is 44.9 Å². The Balaban J connectivity index is 0.00000183. The lowest BCUT2D eigenvalue weighted by atomic mass is 9.60.